The van der Waals surface area contributed by atoms with Crippen molar-refractivity contribution in [2.75, 3.05) is 23.3 Å². The minimum atomic E-state index is 0. The first-order chi connectivity index (χ1) is 11.4. The van der Waals surface area contributed by atoms with Gasteiger partial charge in [0, 0.05) is 24.2 Å². The molecular formula is C19H21ClN4. The van der Waals surface area contributed by atoms with E-state index >= 15 is 0 Å². The van der Waals surface area contributed by atoms with Crippen LogP contribution in [0.25, 0.3) is 10.9 Å². The predicted molar refractivity (Wildman–Crippen MR) is 103 cm³/mol. The summed E-state index contributed by atoms with van der Waals surface area (Å²) in [7, 11) is 0. The summed E-state index contributed by atoms with van der Waals surface area (Å²) in [6.07, 6.45) is 3.74. The van der Waals surface area contributed by atoms with E-state index in [1.165, 1.54) is 19.3 Å². The van der Waals surface area contributed by atoms with E-state index in [0.29, 0.717) is 0 Å². The van der Waals surface area contributed by atoms with Crippen molar-refractivity contribution in [2.24, 2.45) is 0 Å². The van der Waals surface area contributed by atoms with E-state index < -0.39 is 0 Å². The number of aromatic nitrogens is 2. The Morgan fingerprint density at radius 2 is 1.50 bits per heavy atom. The van der Waals surface area contributed by atoms with Crippen LogP contribution in [-0.4, -0.2) is 23.1 Å². The lowest BCUT2D eigenvalue weighted by Gasteiger charge is -2.27. The summed E-state index contributed by atoms with van der Waals surface area (Å²) < 4.78 is 0. The van der Waals surface area contributed by atoms with Gasteiger partial charge in [-0.3, -0.25) is 0 Å². The molecule has 1 aliphatic rings. The summed E-state index contributed by atoms with van der Waals surface area (Å²) in [5, 5.41) is 4.50. The largest absolute Gasteiger partial charge is 0.341 e. The van der Waals surface area contributed by atoms with Gasteiger partial charge in [0.25, 0.3) is 0 Å². The second-order valence-corrected chi connectivity index (χ2v) is 5.93. The smallest absolute Gasteiger partial charge is 0.227 e. The van der Waals surface area contributed by atoms with E-state index in [1.54, 1.807) is 0 Å². The fraction of sp³-hybridized carbons (Fsp3) is 0.263. The molecule has 1 saturated heterocycles. The van der Waals surface area contributed by atoms with Gasteiger partial charge in [0.15, 0.2) is 0 Å². The standard InChI is InChI=1S/C19H20N4.ClH/c1-3-9-15(10-4-1)20-18-16-11-5-6-12-17(16)21-19(22-18)23-13-7-2-8-14-23;/h1,3-6,9-12H,2,7-8,13-14H2,(H,20,21,22);1H. The highest BCUT2D eigenvalue weighted by molar-refractivity contribution is 5.91. The minimum Gasteiger partial charge on any atom is -0.341 e. The molecule has 4 nitrogen and oxygen atoms in total. The second-order valence-electron chi connectivity index (χ2n) is 5.93. The average Bonchev–Trinajstić information content (AvgIpc) is 2.63. The molecule has 2 heterocycles. The van der Waals surface area contributed by atoms with Crippen LogP contribution in [0.5, 0.6) is 0 Å². The van der Waals surface area contributed by atoms with Crippen molar-refractivity contribution in [3.05, 3.63) is 54.6 Å². The molecule has 1 N–H and O–H groups in total. The Kier molecular flexibility index (Phi) is 5.16. The van der Waals surface area contributed by atoms with E-state index in [4.69, 9.17) is 9.97 Å². The maximum absolute atomic E-state index is 4.82. The fourth-order valence-electron chi connectivity index (χ4n) is 3.05. The normalized spacial score (nSPS) is 14.2. The van der Waals surface area contributed by atoms with Gasteiger partial charge in [0.1, 0.15) is 5.82 Å². The van der Waals surface area contributed by atoms with E-state index in [0.717, 1.165) is 41.4 Å². The molecule has 4 rings (SSSR count). The fourth-order valence-corrected chi connectivity index (χ4v) is 3.05. The first-order valence-electron chi connectivity index (χ1n) is 8.24. The third kappa shape index (κ3) is 3.44. The topological polar surface area (TPSA) is 41.1 Å². The molecule has 1 aliphatic heterocycles. The summed E-state index contributed by atoms with van der Waals surface area (Å²) in [6, 6.07) is 18.4. The number of anilines is 3. The van der Waals surface area contributed by atoms with Gasteiger partial charge < -0.3 is 10.2 Å². The molecule has 24 heavy (non-hydrogen) atoms. The molecule has 124 valence electrons. The van der Waals surface area contributed by atoms with Crippen LogP contribution in [0.15, 0.2) is 54.6 Å². The summed E-state index contributed by atoms with van der Waals surface area (Å²) in [5.74, 6) is 1.71. The first kappa shape index (κ1) is 16.5. The summed E-state index contributed by atoms with van der Waals surface area (Å²) >= 11 is 0. The highest BCUT2D eigenvalue weighted by Crippen LogP contribution is 2.27. The number of piperidine rings is 1. The third-order valence-electron chi connectivity index (χ3n) is 4.27. The van der Waals surface area contributed by atoms with Crippen LogP contribution in [0.2, 0.25) is 0 Å². The maximum atomic E-state index is 4.82. The van der Waals surface area contributed by atoms with Crippen molar-refractivity contribution in [2.45, 2.75) is 19.3 Å². The number of rotatable bonds is 3. The molecule has 3 aromatic rings. The molecule has 0 saturated carbocycles. The Hall–Kier alpha value is -2.33. The van der Waals surface area contributed by atoms with Crippen molar-refractivity contribution in [1.29, 1.82) is 0 Å². The van der Waals surface area contributed by atoms with Crippen molar-refractivity contribution in [3.63, 3.8) is 0 Å². The van der Waals surface area contributed by atoms with Crippen LogP contribution >= 0.6 is 12.4 Å². The lowest BCUT2D eigenvalue weighted by Crippen LogP contribution is -2.31. The van der Waals surface area contributed by atoms with Crippen LogP contribution in [0, 0.1) is 0 Å². The Labute approximate surface area is 148 Å². The monoisotopic (exact) mass is 340 g/mol. The molecule has 0 bridgehead atoms. The zero-order valence-electron chi connectivity index (χ0n) is 13.5. The number of benzene rings is 2. The summed E-state index contributed by atoms with van der Waals surface area (Å²) in [5.41, 5.74) is 2.03. The molecule has 1 fully saturated rings. The minimum absolute atomic E-state index is 0. The summed E-state index contributed by atoms with van der Waals surface area (Å²) in [6.45, 7) is 2.09. The third-order valence-corrected chi connectivity index (χ3v) is 4.27. The Morgan fingerprint density at radius 1 is 0.792 bits per heavy atom. The van der Waals surface area contributed by atoms with Gasteiger partial charge in [-0.2, -0.15) is 4.98 Å². The lowest BCUT2D eigenvalue weighted by molar-refractivity contribution is 0.569. The van der Waals surface area contributed by atoms with Crippen molar-refractivity contribution >= 4 is 40.8 Å². The molecule has 2 aromatic carbocycles. The Bertz CT molecular complexity index is 801. The van der Waals surface area contributed by atoms with E-state index in [1.807, 2.05) is 30.3 Å². The zero-order valence-corrected chi connectivity index (χ0v) is 14.3. The van der Waals surface area contributed by atoms with Crippen LogP contribution in [0.1, 0.15) is 19.3 Å². The highest BCUT2D eigenvalue weighted by Gasteiger charge is 2.16. The molecule has 0 atom stereocenters. The van der Waals surface area contributed by atoms with Gasteiger partial charge in [-0.1, -0.05) is 30.3 Å². The molecule has 0 aliphatic carbocycles. The number of nitrogens with zero attached hydrogens (tertiary/aromatic N) is 3. The maximum Gasteiger partial charge on any atom is 0.227 e. The van der Waals surface area contributed by atoms with Gasteiger partial charge >= 0.3 is 0 Å². The van der Waals surface area contributed by atoms with Gasteiger partial charge in [-0.15, -0.1) is 12.4 Å². The number of fused-ring (bicyclic) bond motifs is 1. The van der Waals surface area contributed by atoms with Crippen molar-refractivity contribution in [1.82, 2.24) is 9.97 Å². The quantitative estimate of drug-likeness (QED) is 0.744. The molecule has 1 aromatic heterocycles. The van der Waals surface area contributed by atoms with Crippen LogP contribution in [-0.2, 0) is 0 Å². The van der Waals surface area contributed by atoms with Crippen molar-refractivity contribution in [3.8, 4) is 0 Å². The van der Waals surface area contributed by atoms with Crippen molar-refractivity contribution < 1.29 is 0 Å². The molecule has 0 amide bonds. The second kappa shape index (κ2) is 7.49. The number of nitrogens with one attached hydrogen (secondary N) is 1. The van der Waals surface area contributed by atoms with Gasteiger partial charge in [-0.25, -0.2) is 4.98 Å². The van der Waals surface area contributed by atoms with Gasteiger partial charge in [0.2, 0.25) is 5.95 Å². The Balaban J connectivity index is 0.00000169. The molecule has 0 radical (unpaired) electrons. The lowest BCUT2D eigenvalue weighted by atomic mass is 10.1. The van der Waals surface area contributed by atoms with Gasteiger partial charge in [-0.05, 0) is 43.5 Å². The Morgan fingerprint density at radius 3 is 2.29 bits per heavy atom. The number of para-hydroxylation sites is 2. The van der Waals surface area contributed by atoms with E-state index in [-0.39, 0.29) is 12.4 Å². The highest BCUT2D eigenvalue weighted by atomic mass is 35.5. The van der Waals surface area contributed by atoms with Gasteiger partial charge in [0.05, 0.1) is 5.52 Å². The van der Waals surface area contributed by atoms with Crippen LogP contribution < -0.4 is 10.2 Å². The van der Waals surface area contributed by atoms with E-state index in [2.05, 4.69) is 34.5 Å². The molecular weight excluding hydrogens is 320 g/mol. The van der Waals surface area contributed by atoms with Crippen LogP contribution in [0.3, 0.4) is 0 Å². The number of hydrogen-bond acceptors (Lipinski definition) is 4. The SMILES string of the molecule is Cl.c1ccc(Nc2nc(N3CCCCC3)nc3ccccc23)cc1. The predicted octanol–water partition coefficient (Wildman–Crippen LogP) is 4.79. The van der Waals surface area contributed by atoms with Crippen LogP contribution in [0.4, 0.5) is 17.5 Å². The zero-order chi connectivity index (χ0) is 15.5. The number of hydrogen-bond donors (Lipinski definition) is 1. The van der Waals surface area contributed by atoms with E-state index in [9.17, 15) is 0 Å². The number of halogens is 1. The summed E-state index contributed by atoms with van der Waals surface area (Å²) in [4.78, 5) is 11.9. The molecule has 0 spiro atoms. The molecule has 5 heteroatoms. The molecule has 0 unspecified atom stereocenters. The first-order valence-corrected chi connectivity index (χ1v) is 8.24. The average molecular weight is 341 g/mol.